The Morgan fingerprint density at radius 2 is 0.701 bits per heavy atom. The molecule has 0 heterocycles. The second-order valence-corrected chi connectivity index (χ2v) is 19.8. The van der Waals surface area contributed by atoms with E-state index in [1.807, 2.05) is 21.1 Å². The summed E-state index contributed by atoms with van der Waals surface area (Å²) in [6.07, 6.45) is 82.5. The minimum absolute atomic E-state index is 0.126. The quantitative estimate of drug-likeness (QED) is 0.0195. The summed E-state index contributed by atoms with van der Waals surface area (Å²) < 4.78 is 22.6. The van der Waals surface area contributed by atoms with Gasteiger partial charge in [0.05, 0.1) is 40.3 Å². The number of likely N-dealkylation sites (N-methyl/N-ethyl adjacent to an activating group) is 1. The van der Waals surface area contributed by atoms with Crippen LogP contribution in [0.5, 0.6) is 0 Å². The van der Waals surface area contributed by atoms with Crippen LogP contribution in [0.4, 0.5) is 0 Å². The predicted octanol–water partition coefficient (Wildman–Crippen LogP) is 16.2. The first-order chi connectivity index (χ1) is 37.6. The van der Waals surface area contributed by atoms with Gasteiger partial charge >= 0.3 is 11.9 Å². The Kier molecular flexibility index (Phi) is 52.9. The Labute approximate surface area is 469 Å². The molecule has 0 aromatic carbocycles. The Morgan fingerprint density at radius 1 is 0.390 bits per heavy atom. The number of carbonyl (C=O) groups excluding carboxylic acids is 3. The van der Waals surface area contributed by atoms with Gasteiger partial charge in [0, 0.05) is 12.8 Å². The summed E-state index contributed by atoms with van der Waals surface area (Å²) in [6, 6.07) is 0. The molecule has 0 spiro atoms. The zero-order chi connectivity index (χ0) is 56.2. The topological polar surface area (TPSA) is 111 Å². The van der Waals surface area contributed by atoms with Crippen LogP contribution >= 0.6 is 0 Å². The van der Waals surface area contributed by atoms with E-state index >= 15 is 0 Å². The average Bonchev–Trinajstić information content (AvgIpc) is 3.40. The highest BCUT2D eigenvalue weighted by Gasteiger charge is 2.22. The predicted molar refractivity (Wildman–Crippen MR) is 324 cm³/mol. The second kappa shape index (κ2) is 56.8. The Morgan fingerprint density at radius 3 is 1.05 bits per heavy atom. The van der Waals surface area contributed by atoms with Crippen molar-refractivity contribution < 1.29 is 42.9 Å². The van der Waals surface area contributed by atoms with Crippen molar-refractivity contribution in [2.75, 3.05) is 47.5 Å². The van der Waals surface area contributed by atoms with Gasteiger partial charge in [-0.1, -0.05) is 210 Å². The van der Waals surface area contributed by atoms with Gasteiger partial charge in [-0.15, -0.1) is 0 Å². The third-order valence-corrected chi connectivity index (χ3v) is 11.5. The van der Waals surface area contributed by atoms with Gasteiger partial charge in [0.25, 0.3) is 0 Å². The molecule has 0 N–H and O–H groups in total. The van der Waals surface area contributed by atoms with E-state index in [9.17, 15) is 19.5 Å². The average molecular weight is 1060 g/mol. The number of rotatable bonds is 51. The number of allylic oxidation sites excluding steroid dienone is 28. The van der Waals surface area contributed by atoms with Gasteiger partial charge in [-0.2, -0.15) is 0 Å². The third kappa shape index (κ3) is 58.2. The first-order valence-corrected chi connectivity index (χ1v) is 29.3. The van der Waals surface area contributed by atoms with Crippen LogP contribution in [0.1, 0.15) is 181 Å². The zero-order valence-electron chi connectivity index (χ0n) is 48.7. The lowest BCUT2D eigenvalue weighted by Crippen LogP contribution is -2.44. The summed E-state index contributed by atoms with van der Waals surface area (Å²) in [6.45, 7) is 4.42. The molecule has 0 aliphatic heterocycles. The van der Waals surface area contributed by atoms with Gasteiger partial charge < -0.3 is 33.3 Å². The lowest BCUT2D eigenvalue weighted by atomic mass is 10.1. The third-order valence-electron chi connectivity index (χ3n) is 11.5. The number of carbonyl (C=O) groups is 3. The fourth-order valence-electron chi connectivity index (χ4n) is 7.02. The number of ether oxygens (including phenoxy) is 4. The summed E-state index contributed by atoms with van der Waals surface area (Å²) in [4.78, 5) is 37.3. The molecule has 0 rings (SSSR count). The summed E-state index contributed by atoms with van der Waals surface area (Å²) in [7, 11) is 5.89. The number of esters is 2. The van der Waals surface area contributed by atoms with Gasteiger partial charge in [-0.3, -0.25) is 9.59 Å². The van der Waals surface area contributed by atoms with Gasteiger partial charge in [0.2, 0.25) is 0 Å². The number of hydrogen-bond donors (Lipinski definition) is 0. The van der Waals surface area contributed by atoms with E-state index in [4.69, 9.17) is 18.9 Å². The maximum atomic E-state index is 12.9. The van der Waals surface area contributed by atoms with Crippen LogP contribution in [-0.4, -0.2) is 82.3 Å². The highest BCUT2D eigenvalue weighted by Crippen LogP contribution is 2.12. The van der Waals surface area contributed by atoms with Crippen molar-refractivity contribution in [3.05, 3.63) is 170 Å². The molecule has 0 fully saturated rings. The monoisotopic (exact) mass is 1060 g/mol. The molecule has 0 saturated carbocycles. The van der Waals surface area contributed by atoms with Crippen molar-refractivity contribution >= 4 is 17.9 Å². The van der Waals surface area contributed by atoms with E-state index in [2.05, 4.69) is 184 Å². The Bertz CT molecular complexity index is 1860. The number of aliphatic carboxylic acids is 1. The molecule has 0 radical (unpaired) electrons. The Balaban J connectivity index is 4.43. The molecule has 0 saturated heterocycles. The zero-order valence-corrected chi connectivity index (χ0v) is 48.7. The van der Waals surface area contributed by atoms with Gasteiger partial charge in [-0.25, -0.2) is 0 Å². The smallest absolute Gasteiger partial charge is 0.306 e. The van der Waals surface area contributed by atoms with Crippen LogP contribution in [0.25, 0.3) is 0 Å². The first kappa shape index (κ1) is 71.7. The maximum absolute atomic E-state index is 12.9. The number of nitrogens with zero attached hydrogens (tertiary/aromatic N) is 1. The van der Waals surface area contributed by atoms with E-state index in [0.29, 0.717) is 23.9 Å². The molecule has 0 aromatic heterocycles. The fraction of sp³-hybridized carbons (Fsp3) is 0.544. The van der Waals surface area contributed by atoms with Crippen LogP contribution in [0.3, 0.4) is 0 Å². The van der Waals surface area contributed by atoms with E-state index in [-0.39, 0.29) is 32.7 Å². The molecular formula is C68H105NO8. The van der Waals surface area contributed by atoms with E-state index in [1.54, 1.807) is 0 Å². The summed E-state index contributed by atoms with van der Waals surface area (Å²) >= 11 is 0. The molecule has 0 aromatic rings. The number of carboxylic acid groups (broad SMARTS) is 1. The van der Waals surface area contributed by atoms with Crippen LogP contribution in [0, 0.1) is 0 Å². The highest BCUT2D eigenvalue weighted by atomic mass is 16.7. The van der Waals surface area contributed by atoms with Crippen LogP contribution < -0.4 is 5.11 Å². The number of quaternary nitrogens is 1. The summed E-state index contributed by atoms with van der Waals surface area (Å²) in [5, 5.41) is 11.8. The number of unbranched alkanes of at least 4 members (excludes halogenated alkanes) is 8. The van der Waals surface area contributed by atoms with E-state index in [0.717, 1.165) is 141 Å². The van der Waals surface area contributed by atoms with Gasteiger partial charge in [0.1, 0.15) is 13.2 Å². The molecule has 0 amide bonds. The standard InChI is InChI=1S/C68H105NO8/c1-6-8-10-12-14-16-18-20-22-24-26-28-30-32-33-35-37-39-41-43-45-47-49-51-53-55-57-59-66(71)77-64(63-76-68(67(72)73)74-61-60-69(3,4)5)62-75-65(70)58-56-54-52-50-48-46-44-42-40-38-36-34-31-29-27-25-23-21-19-17-15-13-11-9-7-2/h8-11,14-17,20-23,26-29,32-34,36-37,39-40,42-43,45-46,48,64,68H,6-7,12-13,18-19,24-25,30-31,35,38,41,44,47,49-63H2,1-5H3/b10-8-,11-9-,16-14-,17-15-,22-20-,23-21-,28-26-,29-27-,33-32-,36-34-,39-37-,42-40-,45-43-,48-46-. The molecule has 430 valence electrons. The molecule has 0 bridgehead atoms. The molecule has 0 aliphatic carbocycles. The largest absolute Gasteiger partial charge is 0.545 e. The minimum atomic E-state index is -1.65. The molecule has 9 nitrogen and oxygen atoms in total. The summed E-state index contributed by atoms with van der Waals surface area (Å²) in [5.74, 6) is -2.38. The summed E-state index contributed by atoms with van der Waals surface area (Å²) in [5.41, 5.74) is 0. The van der Waals surface area contributed by atoms with Crippen LogP contribution in [-0.2, 0) is 33.3 Å². The fourth-order valence-corrected chi connectivity index (χ4v) is 7.02. The van der Waals surface area contributed by atoms with Gasteiger partial charge in [0.15, 0.2) is 12.4 Å². The second-order valence-electron chi connectivity index (χ2n) is 19.8. The molecule has 2 unspecified atom stereocenters. The van der Waals surface area contributed by atoms with Crippen molar-refractivity contribution in [1.82, 2.24) is 0 Å². The molecular weight excluding hydrogens is 959 g/mol. The van der Waals surface area contributed by atoms with Crippen LogP contribution in [0.2, 0.25) is 0 Å². The number of hydrogen-bond acceptors (Lipinski definition) is 8. The van der Waals surface area contributed by atoms with Crippen LogP contribution in [0.15, 0.2) is 170 Å². The van der Waals surface area contributed by atoms with Gasteiger partial charge in [-0.05, 0) is 128 Å². The maximum Gasteiger partial charge on any atom is 0.306 e. The normalized spacial score (nSPS) is 14.0. The van der Waals surface area contributed by atoms with Crippen molar-refractivity contribution in [3.8, 4) is 0 Å². The molecule has 9 heteroatoms. The molecule has 77 heavy (non-hydrogen) atoms. The molecule has 2 atom stereocenters. The van der Waals surface area contributed by atoms with E-state index < -0.39 is 30.3 Å². The van der Waals surface area contributed by atoms with E-state index in [1.165, 1.54) is 0 Å². The molecule has 0 aliphatic rings. The van der Waals surface area contributed by atoms with Crippen molar-refractivity contribution in [1.29, 1.82) is 0 Å². The number of carboxylic acids is 1. The Hall–Kier alpha value is -5.35. The minimum Gasteiger partial charge on any atom is -0.545 e. The van der Waals surface area contributed by atoms with Crippen molar-refractivity contribution in [3.63, 3.8) is 0 Å². The SMILES string of the molecule is CC/C=C\C/C=C\C/C=C\C/C=C\C/C=C\C/C=C\C/C=C\CCCCCCCC(=O)OC(COC(=O)CCCCC/C=C\C/C=C\C/C=C\C/C=C\C/C=C\C/C=C\C/C=C\CC)COC(OCC[N+](C)(C)C)C(=O)[O-]. The first-order valence-electron chi connectivity index (χ1n) is 29.3. The van der Waals surface area contributed by atoms with Crippen molar-refractivity contribution in [2.24, 2.45) is 0 Å². The van der Waals surface area contributed by atoms with Crippen molar-refractivity contribution in [2.45, 2.75) is 193 Å². The highest BCUT2D eigenvalue weighted by molar-refractivity contribution is 5.70. The lowest BCUT2D eigenvalue weighted by Gasteiger charge is -2.26. The lowest BCUT2D eigenvalue weighted by molar-refractivity contribution is -0.870.